The fourth-order valence-electron chi connectivity index (χ4n) is 4.44. The second-order valence-electron chi connectivity index (χ2n) is 8.48. The van der Waals surface area contributed by atoms with Crippen molar-refractivity contribution in [1.82, 2.24) is 19.6 Å². The maximum Gasteiger partial charge on any atom is 0.274 e. The molecule has 0 aliphatic carbocycles. The van der Waals surface area contributed by atoms with Gasteiger partial charge in [0.2, 0.25) is 0 Å². The molecule has 6 heteroatoms. The largest absolute Gasteiger partial charge is 0.350 e. The van der Waals surface area contributed by atoms with Gasteiger partial charge in [0, 0.05) is 48.7 Å². The molecule has 0 unspecified atom stereocenters. The molecule has 0 amide bonds. The standard InChI is InChI=1S/C25H25N5O/c1-15-5-6-21(16(2)9-15)19-12-20-14-29(8-7-22(20)26-13-19)25-17(3)10-23-27-18(4)11-24(31)30(23)28-25/h5-6,9-13H,7-8,14H2,1-4H3. The van der Waals surface area contributed by atoms with Crippen molar-refractivity contribution in [3.05, 3.63) is 86.6 Å². The highest BCUT2D eigenvalue weighted by atomic mass is 16.1. The van der Waals surface area contributed by atoms with Gasteiger partial charge >= 0.3 is 0 Å². The molecule has 0 radical (unpaired) electrons. The van der Waals surface area contributed by atoms with Crippen LogP contribution in [0.15, 0.2) is 47.4 Å². The van der Waals surface area contributed by atoms with Crippen molar-refractivity contribution in [2.24, 2.45) is 0 Å². The average Bonchev–Trinajstić information content (AvgIpc) is 2.72. The number of aryl methyl sites for hydroxylation is 4. The van der Waals surface area contributed by atoms with Gasteiger partial charge in [-0.3, -0.25) is 9.78 Å². The van der Waals surface area contributed by atoms with Crippen molar-refractivity contribution in [3.8, 4) is 11.1 Å². The fourth-order valence-corrected chi connectivity index (χ4v) is 4.44. The lowest BCUT2D eigenvalue weighted by Crippen LogP contribution is -2.33. The van der Waals surface area contributed by atoms with Gasteiger partial charge in [-0.25, -0.2) is 4.98 Å². The van der Waals surface area contributed by atoms with E-state index in [9.17, 15) is 4.79 Å². The van der Waals surface area contributed by atoms with Crippen molar-refractivity contribution in [3.63, 3.8) is 0 Å². The van der Waals surface area contributed by atoms with Crippen LogP contribution in [-0.2, 0) is 13.0 Å². The van der Waals surface area contributed by atoms with Crippen LogP contribution in [-0.4, -0.2) is 26.1 Å². The van der Waals surface area contributed by atoms with E-state index in [1.165, 1.54) is 32.8 Å². The van der Waals surface area contributed by atoms with Gasteiger partial charge in [0.05, 0.1) is 0 Å². The third-order valence-electron chi connectivity index (χ3n) is 5.97. The minimum atomic E-state index is -0.153. The second kappa shape index (κ2) is 7.30. The summed E-state index contributed by atoms with van der Waals surface area (Å²) in [5, 5.41) is 4.66. The minimum absolute atomic E-state index is 0.153. The number of pyridine rings is 1. The topological polar surface area (TPSA) is 63.4 Å². The molecule has 0 N–H and O–H groups in total. The van der Waals surface area contributed by atoms with Crippen LogP contribution in [0.1, 0.15) is 33.6 Å². The molecule has 0 saturated carbocycles. The summed E-state index contributed by atoms with van der Waals surface area (Å²) in [6.07, 6.45) is 2.84. The van der Waals surface area contributed by atoms with Crippen LogP contribution in [0.4, 0.5) is 5.82 Å². The smallest absolute Gasteiger partial charge is 0.274 e. The number of nitrogens with zero attached hydrogens (tertiary/aromatic N) is 5. The highest BCUT2D eigenvalue weighted by Gasteiger charge is 2.22. The highest BCUT2D eigenvalue weighted by molar-refractivity contribution is 5.68. The van der Waals surface area contributed by atoms with E-state index in [0.717, 1.165) is 35.6 Å². The minimum Gasteiger partial charge on any atom is -0.350 e. The molecule has 4 aromatic rings. The maximum atomic E-state index is 12.4. The molecule has 156 valence electrons. The van der Waals surface area contributed by atoms with Crippen molar-refractivity contribution >= 4 is 11.5 Å². The summed E-state index contributed by atoms with van der Waals surface area (Å²) in [6, 6.07) is 12.2. The Bertz CT molecular complexity index is 1390. The van der Waals surface area contributed by atoms with E-state index in [4.69, 9.17) is 4.98 Å². The molecule has 31 heavy (non-hydrogen) atoms. The Kier molecular flexibility index (Phi) is 4.58. The Morgan fingerprint density at radius 3 is 2.61 bits per heavy atom. The molecule has 1 aliphatic rings. The first kappa shape index (κ1) is 19.4. The third-order valence-corrected chi connectivity index (χ3v) is 5.97. The summed E-state index contributed by atoms with van der Waals surface area (Å²) in [4.78, 5) is 23.9. The van der Waals surface area contributed by atoms with Crippen LogP contribution in [0.3, 0.4) is 0 Å². The van der Waals surface area contributed by atoms with Gasteiger partial charge in [-0.15, -0.1) is 5.10 Å². The van der Waals surface area contributed by atoms with Crippen molar-refractivity contribution in [2.75, 3.05) is 11.4 Å². The highest BCUT2D eigenvalue weighted by Crippen LogP contribution is 2.29. The number of rotatable bonds is 2. The number of fused-ring (bicyclic) bond motifs is 2. The molecule has 0 fully saturated rings. The second-order valence-corrected chi connectivity index (χ2v) is 8.48. The lowest BCUT2D eigenvalue weighted by molar-refractivity contribution is 0.685. The van der Waals surface area contributed by atoms with E-state index in [0.29, 0.717) is 17.9 Å². The molecule has 0 spiro atoms. The number of hydrogen-bond donors (Lipinski definition) is 0. The van der Waals surface area contributed by atoms with Crippen LogP contribution in [0, 0.1) is 27.7 Å². The first-order valence-electron chi connectivity index (χ1n) is 10.6. The summed E-state index contributed by atoms with van der Waals surface area (Å²) in [6.45, 7) is 9.64. The van der Waals surface area contributed by atoms with E-state index in [-0.39, 0.29) is 5.56 Å². The summed E-state index contributed by atoms with van der Waals surface area (Å²) in [5.41, 5.74) is 9.36. The predicted octanol–water partition coefficient (Wildman–Crippen LogP) is 3.95. The van der Waals surface area contributed by atoms with Gasteiger partial charge in [-0.1, -0.05) is 23.8 Å². The van der Waals surface area contributed by atoms with E-state index in [1.54, 1.807) is 0 Å². The molecule has 3 aromatic heterocycles. The summed E-state index contributed by atoms with van der Waals surface area (Å²) in [7, 11) is 0. The molecule has 6 nitrogen and oxygen atoms in total. The number of aromatic nitrogens is 4. The monoisotopic (exact) mass is 411 g/mol. The van der Waals surface area contributed by atoms with Crippen molar-refractivity contribution in [1.29, 1.82) is 0 Å². The Morgan fingerprint density at radius 1 is 0.968 bits per heavy atom. The molecule has 5 rings (SSSR count). The number of benzene rings is 1. The molecule has 0 atom stereocenters. The predicted molar refractivity (Wildman–Crippen MR) is 123 cm³/mol. The van der Waals surface area contributed by atoms with Crippen LogP contribution in [0.5, 0.6) is 0 Å². The van der Waals surface area contributed by atoms with Gasteiger partial charge in [0.1, 0.15) is 0 Å². The summed E-state index contributed by atoms with van der Waals surface area (Å²) < 4.78 is 1.40. The summed E-state index contributed by atoms with van der Waals surface area (Å²) in [5.74, 6) is 0.822. The molecular formula is C25H25N5O. The Labute approximate surface area is 181 Å². The maximum absolute atomic E-state index is 12.4. The fraction of sp³-hybridized carbons (Fsp3) is 0.280. The first-order valence-corrected chi connectivity index (χ1v) is 10.6. The zero-order valence-corrected chi connectivity index (χ0v) is 18.3. The van der Waals surface area contributed by atoms with Crippen molar-refractivity contribution < 1.29 is 0 Å². The van der Waals surface area contributed by atoms with Gasteiger partial charge in [0.15, 0.2) is 11.5 Å². The third kappa shape index (κ3) is 3.48. The van der Waals surface area contributed by atoms with Crippen LogP contribution < -0.4 is 10.5 Å². The molecule has 4 heterocycles. The average molecular weight is 412 g/mol. The number of anilines is 1. The van der Waals surface area contributed by atoms with Crippen LogP contribution in [0.25, 0.3) is 16.8 Å². The quantitative estimate of drug-likeness (QED) is 0.500. The SMILES string of the molecule is Cc1ccc(-c2cnc3c(c2)CN(c2nn4c(=O)cc(C)nc4cc2C)CC3)c(C)c1. The normalized spacial score (nSPS) is 13.5. The Balaban J connectivity index is 1.53. The zero-order chi connectivity index (χ0) is 21.7. The zero-order valence-electron chi connectivity index (χ0n) is 18.3. The molecule has 1 aliphatic heterocycles. The number of hydrogen-bond acceptors (Lipinski definition) is 5. The van der Waals surface area contributed by atoms with E-state index in [1.807, 2.05) is 26.1 Å². The van der Waals surface area contributed by atoms with Crippen LogP contribution >= 0.6 is 0 Å². The van der Waals surface area contributed by atoms with Gasteiger partial charge < -0.3 is 4.90 Å². The summed E-state index contributed by atoms with van der Waals surface area (Å²) >= 11 is 0. The van der Waals surface area contributed by atoms with Gasteiger partial charge in [0.25, 0.3) is 5.56 Å². The van der Waals surface area contributed by atoms with E-state index in [2.05, 4.69) is 53.1 Å². The van der Waals surface area contributed by atoms with Gasteiger partial charge in [-0.2, -0.15) is 4.52 Å². The van der Waals surface area contributed by atoms with Gasteiger partial charge in [-0.05, 0) is 62.1 Å². The Morgan fingerprint density at radius 2 is 1.81 bits per heavy atom. The molecule has 1 aromatic carbocycles. The lowest BCUT2D eigenvalue weighted by atomic mass is 9.96. The molecule has 0 saturated heterocycles. The Hall–Kier alpha value is -3.54. The van der Waals surface area contributed by atoms with Crippen molar-refractivity contribution in [2.45, 2.75) is 40.7 Å². The van der Waals surface area contributed by atoms with Crippen LogP contribution in [0.2, 0.25) is 0 Å². The molecular weight excluding hydrogens is 386 g/mol. The van der Waals surface area contributed by atoms with E-state index < -0.39 is 0 Å². The van der Waals surface area contributed by atoms with E-state index >= 15 is 0 Å². The molecule has 0 bridgehead atoms. The first-order chi connectivity index (χ1) is 14.9. The lowest BCUT2D eigenvalue weighted by Gasteiger charge is -2.30.